The zero-order valence-corrected chi connectivity index (χ0v) is 18.3. The zero-order chi connectivity index (χ0) is 22.8. The number of hydrogen-bond acceptors (Lipinski definition) is 6. The van der Waals surface area contributed by atoms with E-state index in [-0.39, 0.29) is 28.3 Å². The number of hydrogen-bond donors (Lipinski definition) is 3. The Morgan fingerprint density at radius 1 is 1.03 bits per heavy atom. The molecule has 8 nitrogen and oxygen atoms in total. The Morgan fingerprint density at radius 3 is 2.32 bits per heavy atom. The molecule has 163 valence electrons. The van der Waals surface area contributed by atoms with Crippen molar-refractivity contribution in [2.75, 3.05) is 16.9 Å². The van der Waals surface area contributed by atoms with Crippen molar-refractivity contribution in [1.82, 2.24) is 0 Å². The summed E-state index contributed by atoms with van der Waals surface area (Å²) in [6, 6.07) is 13.8. The van der Waals surface area contributed by atoms with Crippen LogP contribution in [0.1, 0.15) is 15.9 Å². The standard InChI is InChI=1S/C20H17ClNO7S2/c21-7-8-30(25,26)12-13-1-3-14(4-2-13)20(24)22-16-6-5-15-9-17(31(27,28)29)11-19(23)18(15)10-16/h1-6,9-10,23H,7-8,12H2,(H,22,24)(H,27,28,29). The molecule has 3 N–H and O–H groups in total. The van der Waals surface area contributed by atoms with Crippen LogP contribution in [0.5, 0.6) is 5.75 Å². The van der Waals surface area contributed by atoms with Gasteiger partial charge in [0.1, 0.15) is 10.6 Å². The molecule has 0 spiro atoms. The minimum atomic E-state index is -4.53. The minimum absolute atomic E-state index is 0.0129. The first-order valence-electron chi connectivity index (χ1n) is 8.82. The third-order valence-corrected chi connectivity index (χ3v) is 7.15. The molecule has 0 bridgehead atoms. The normalized spacial score (nSPS) is 12.1. The van der Waals surface area contributed by atoms with Gasteiger partial charge < -0.3 is 10.4 Å². The number of halogens is 1. The molecule has 3 aromatic rings. The second kappa shape index (κ2) is 8.83. The molecule has 1 radical (unpaired) electrons. The smallest absolute Gasteiger partial charge is 0.295 e. The van der Waals surface area contributed by atoms with Gasteiger partial charge in [0, 0.05) is 22.5 Å². The van der Waals surface area contributed by atoms with Gasteiger partial charge in [-0.15, -0.1) is 11.6 Å². The second-order valence-electron chi connectivity index (χ2n) is 6.69. The first kappa shape index (κ1) is 23.0. The number of carbonyl (C=O) groups is 1. The summed E-state index contributed by atoms with van der Waals surface area (Å²) >= 11 is 5.48. The van der Waals surface area contributed by atoms with Gasteiger partial charge in [0.05, 0.1) is 17.6 Å². The Bertz CT molecular complexity index is 1350. The summed E-state index contributed by atoms with van der Waals surface area (Å²) in [6.07, 6.45) is 0. The summed E-state index contributed by atoms with van der Waals surface area (Å²) in [4.78, 5) is 11.9. The molecule has 3 aromatic carbocycles. The van der Waals surface area contributed by atoms with E-state index in [1.165, 1.54) is 30.3 Å². The summed E-state index contributed by atoms with van der Waals surface area (Å²) in [5.74, 6) is -1.25. The summed E-state index contributed by atoms with van der Waals surface area (Å²) in [5.41, 5.74) is 1.15. The minimum Gasteiger partial charge on any atom is -0.507 e. The van der Waals surface area contributed by atoms with Crippen molar-refractivity contribution in [2.45, 2.75) is 10.6 Å². The third kappa shape index (κ3) is 5.73. The van der Waals surface area contributed by atoms with Gasteiger partial charge in [-0.2, -0.15) is 8.42 Å². The van der Waals surface area contributed by atoms with Crippen molar-refractivity contribution in [3.8, 4) is 5.75 Å². The van der Waals surface area contributed by atoms with E-state index in [1.807, 2.05) is 0 Å². The summed E-state index contributed by atoms with van der Waals surface area (Å²) in [5, 5.41) is 13.2. The second-order valence-corrected chi connectivity index (χ2v) is 10.6. The Hall–Kier alpha value is -2.66. The van der Waals surface area contributed by atoms with Crippen molar-refractivity contribution in [1.29, 1.82) is 0 Å². The number of sulfone groups is 1. The summed E-state index contributed by atoms with van der Waals surface area (Å²) < 4.78 is 55.3. The zero-order valence-electron chi connectivity index (χ0n) is 15.9. The number of fused-ring (bicyclic) bond motifs is 1. The lowest BCUT2D eigenvalue weighted by atomic mass is 10.1. The first-order valence-corrected chi connectivity index (χ1v) is 12.6. The molecule has 31 heavy (non-hydrogen) atoms. The highest BCUT2D eigenvalue weighted by atomic mass is 35.5. The number of nitrogens with one attached hydrogen (secondary N) is 1. The fourth-order valence-electron chi connectivity index (χ4n) is 2.86. The number of carbonyl (C=O) groups excluding carboxylic acids is 1. The van der Waals surface area contributed by atoms with Crippen LogP contribution in [0.25, 0.3) is 10.8 Å². The topological polar surface area (TPSA) is 138 Å². The lowest BCUT2D eigenvalue weighted by Crippen LogP contribution is -2.13. The highest BCUT2D eigenvalue weighted by molar-refractivity contribution is 7.90. The molecule has 0 aliphatic rings. The first-order chi connectivity index (χ1) is 14.5. The molecule has 0 aromatic heterocycles. The number of benzene rings is 3. The molecular formula is C20H17ClNO7S2. The number of phenolic OH excluding ortho intramolecular Hbond substituents is 1. The monoisotopic (exact) mass is 482 g/mol. The number of phenols is 1. The van der Waals surface area contributed by atoms with Gasteiger partial charge in [0.15, 0.2) is 9.84 Å². The maximum Gasteiger partial charge on any atom is 0.295 e. The Morgan fingerprint density at radius 2 is 1.71 bits per heavy atom. The molecule has 0 atom stereocenters. The van der Waals surface area contributed by atoms with Crippen LogP contribution in [0.4, 0.5) is 5.69 Å². The average molecular weight is 483 g/mol. The number of aromatic hydroxyl groups is 1. The van der Waals surface area contributed by atoms with Crippen LogP contribution in [0, 0.1) is 6.07 Å². The van der Waals surface area contributed by atoms with Crippen molar-refractivity contribution in [3.63, 3.8) is 0 Å². The largest absolute Gasteiger partial charge is 0.507 e. The summed E-state index contributed by atoms with van der Waals surface area (Å²) in [6.45, 7) is 0. The SMILES string of the molecule is O=C(Nc1ccc2cc(S(=O)(=O)O)[c]c(O)c2c1)c1ccc(CS(=O)(=O)CCCl)cc1. The quantitative estimate of drug-likeness (QED) is 0.347. The van der Waals surface area contributed by atoms with E-state index in [2.05, 4.69) is 11.4 Å². The predicted molar refractivity (Wildman–Crippen MR) is 117 cm³/mol. The molecule has 0 heterocycles. The average Bonchev–Trinajstić information content (AvgIpc) is 2.67. The predicted octanol–water partition coefficient (Wildman–Crippen LogP) is 3.00. The van der Waals surface area contributed by atoms with Crippen molar-refractivity contribution in [2.24, 2.45) is 0 Å². The van der Waals surface area contributed by atoms with Crippen LogP contribution in [-0.4, -0.2) is 44.0 Å². The molecule has 0 unspecified atom stereocenters. The van der Waals surface area contributed by atoms with Gasteiger partial charge in [0.2, 0.25) is 0 Å². The van der Waals surface area contributed by atoms with Crippen molar-refractivity contribution >= 4 is 53.9 Å². The van der Waals surface area contributed by atoms with Gasteiger partial charge in [-0.3, -0.25) is 9.35 Å². The Kier molecular flexibility index (Phi) is 6.56. The number of alkyl halides is 1. The fraction of sp³-hybridized carbons (Fsp3) is 0.150. The highest BCUT2D eigenvalue weighted by Gasteiger charge is 2.15. The van der Waals surface area contributed by atoms with E-state index in [1.54, 1.807) is 12.1 Å². The molecule has 3 rings (SSSR count). The van der Waals surface area contributed by atoms with E-state index < -0.39 is 36.5 Å². The maximum absolute atomic E-state index is 12.5. The molecule has 1 amide bonds. The maximum atomic E-state index is 12.5. The van der Waals surface area contributed by atoms with Crippen LogP contribution in [0.2, 0.25) is 0 Å². The highest BCUT2D eigenvalue weighted by Crippen LogP contribution is 2.30. The molecule has 0 saturated heterocycles. The molecule has 0 aliphatic carbocycles. The number of amides is 1. The number of anilines is 1. The van der Waals surface area contributed by atoms with Crippen LogP contribution >= 0.6 is 11.6 Å². The molecule has 0 saturated carbocycles. The van der Waals surface area contributed by atoms with Gasteiger partial charge in [-0.25, -0.2) is 8.42 Å². The van der Waals surface area contributed by atoms with Gasteiger partial charge in [0.25, 0.3) is 16.0 Å². The van der Waals surface area contributed by atoms with Crippen molar-refractivity contribution in [3.05, 3.63) is 65.7 Å². The van der Waals surface area contributed by atoms with Crippen molar-refractivity contribution < 1.29 is 31.3 Å². The lowest BCUT2D eigenvalue weighted by Gasteiger charge is -2.09. The van der Waals surface area contributed by atoms with Gasteiger partial charge in [-0.05, 0) is 41.3 Å². The fourth-order valence-corrected chi connectivity index (χ4v) is 5.15. The molecular weight excluding hydrogens is 466 g/mol. The van der Waals surface area contributed by atoms with Crippen LogP contribution < -0.4 is 5.32 Å². The van der Waals surface area contributed by atoms with Gasteiger partial charge in [-0.1, -0.05) is 18.2 Å². The third-order valence-electron chi connectivity index (χ3n) is 4.36. The van der Waals surface area contributed by atoms with Crippen LogP contribution in [0.3, 0.4) is 0 Å². The van der Waals surface area contributed by atoms with Crippen LogP contribution in [0.15, 0.2) is 53.4 Å². The van der Waals surface area contributed by atoms with Crippen LogP contribution in [-0.2, 0) is 25.7 Å². The van der Waals surface area contributed by atoms with E-state index in [0.717, 1.165) is 6.07 Å². The molecule has 11 heteroatoms. The lowest BCUT2D eigenvalue weighted by molar-refractivity contribution is 0.102. The van der Waals surface area contributed by atoms with E-state index >= 15 is 0 Å². The van der Waals surface area contributed by atoms with E-state index in [0.29, 0.717) is 16.6 Å². The summed E-state index contributed by atoms with van der Waals surface area (Å²) in [7, 11) is -7.85. The molecule has 0 aliphatic heterocycles. The molecule has 0 fully saturated rings. The van der Waals surface area contributed by atoms with E-state index in [4.69, 9.17) is 16.2 Å². The Labute approximate surface area is 184 Å². The van der Waals surface area contributed by atoms with E-state index in [9.17, 15) is 26.7 Å². The Balaban J connectivity index is 1.79. The number of rotatable bonds is 7. The van der Waals surface area contributed by atoms with Gasteiger partial charge >= 0.3 is 0 Å².